The van der Waals surface area contributed by atoms with Crippen LogP contribution in [-0.2, 0) is 11.3 Å². The minimum absolute atomic E-state index is 0.0962. The van der Waals surface area contributed by atoms with Crippen LogP contribution in [0.25, 0.3) is 16.7 Å². The van der Waals surface area contributed by atoms with E-state index in [1.807, 2.05) is 63.9 Å². The number of piperidine rings is 1. The third-order valence-corrected chi connectivity index (χ3v) is 7.32. The number of amides is 1. The van der Waals surface area contributed by atoms with Gasteiger partial charge in [0.1, 0.15) is 0 Å². The highest BCUT2D eigenvalue weighted by Crippen LogP contribution is 2.25. The smallest absolute Gasteiger partial charge is 0.263 e. The molecule has 1 fully saturated rings. The summed E-state index contributed by atoms with van der Waals surface area (Å²) >= 11 is 1.39. The van der Waals surface area contributed by atoms with E-state index in [0.29, 0.717) is 34.7 Å². The maximum atomic E-state index is 13.3. The number of benzene rings is 2. The van der Waals surface area contributed by atoms with Crippen molar-refractivity contribution in [2.75, 3.05) is 12.3 Å². The molecule has 0 bridgehead atoms. The van der Waals surface area contributed by atoms with Crippen LogP contribution in [0, 0.1) is 0 Å². The largest absolute Gasteiger partial charge is 0.339 e. The van der Waals surface area contributed by atoms with Crippen LogP contribution < -0.4 is 5.56 Å². The average Bonchev–Trinajstić information content (AvgIpc) is 3.29. The fraction of sp³-hybridized carbons (Fsp3) is 0.360. The summed E-state index contributed by atoms with van der Waals surface area (Å²) in [6, 6.07) is 17.7. The van der Waals surface area contributed by atoms with Crippen LogP contribution in [0.2, 0.25) is 0 Å². The molecule has 5 rings (SSSR count). The second-order valence-electron chi connectivity index (χ2n) is 8.45. The lowest BCUT2D eigenvalue weighted by Crippen LogP contribution is -2.44. The monoisotopic (exact) mass is 461 g/mol. The van der Waals surface area contributed by atoms with E-state index in [4.69, 9.17) is 0 Å². The van der Waals surface area contributed by atoms with Gasteiger partial charge < -0.3 is 4.90 Å². The first kappa shape index (κ1) is 21.7. The molecule has 0 saturated carbocycles. The summed E-state index contributed by atoms with van der Waals surface area (Å²) in [5, 5.41) is 10.0. The molecule has 2 aromatic heterocycles. The first-order valence-electron chi connectivity index (χ1n) is 11.5. The quantitative estimate of drug-likeness (QED) is 0.406. The van der Waals surface area contributed by atoms with Crippen molar-refractivity contribution < 1.29 is 4.79 Å². The van der Waals surface area contributed by atoms with Crippen molar-refractivity contribution >= 4 is 34.3 Å². The van der Waals surface area contributed by atoms with Crippen molar-refractivity contribution in [2.45, 2.75) is 50.4 Å². The maximum Gasteiger partial charge on any atom is 0.263 e. The van der Waals surface area contributed by atoms with E-state index in [9.17, 15) is 9.59 Å². The molecule has 1 saturated heterocycles. The molecule has 8 heteroatoms. The molecule has 2 aromatic carbocycles. The van der Waals surface area contributed by atoms with Gasteiger partial charge >= 0.3 is 0 Å². The molecule has 1 aliphatic heterocycles. The zero-order valence-electron chi connectivity index (χ0n) is 18.7. The van der Waals surface area contributed by atoms with Gasteiger partial charge in [-0.25, -0.2) is 0 Å². The maximum absolute atomic E-state index is 13.3. The van der Waals surface area contributed by atoms with Gasteiger partial charge in [-0.2, -0.15) is 0 Å². The number of para-hydroxylation sites is 1. The molecule has 7 nitrogen and oxygen atoms in total. The number of fused-ring (bicyclic) bond motifs is 3. The van der Waals surface area contributed by atoms with Crippen LogP contribution >= 0.6 is 11.8 Å². The van der Waals surface area contributed by atoms with Crippen LogP contribution in [0.15, 0.2) is 64.5 Å². The van der Waals surface area contributed by atoms with Crippen LogP contribution in [0.1, 0.15) is 38.2 Å². The molecular weight excluding hydrogens is 434 g/mol. The van der Waals surface area contributed by atoms with E-state index in [-0.39, 0.29) is 11.5 Å². The minimum Gasteiger partial charge on any atom is -0.339 e. The van der Waals surface area contributed by atoms with Gasteiger partial charge in [0, 0.05) is 12.6 Å². The number of carbonyl (C=O) groups excluding carboxylic acids is 1. The highest BCUT2D eigenvalue weighted by Gasteiger charge is 2.26. The van der Waals surface area contributed by atoms with Gasteiger partial charge in [0.15, 0.2) is 5.16 Å². The highest BCUT2D eigenvalue weighted by atomic mass is 32.2. The molecule has 4 aromatic rings. The summed E-state index contributed by atoms with van der Waals surface area (Å²) in [5.74, 6) is 0.941. The number of nitrogens with zero attached hydrogens (tertiary/aromatic N) is 5. The summed E-state index contributed by atoms with van der Waals surface area (Å²) < 4.78 is 3.57. The van der Waals surface area contributed by atoms with E-state index in [2.05, 4.69) is 17.1 Å². The van der Waals surface area contributed by atoms with Gasteiger partial charge in [0.2, 0.25) is 11.7 Å². The van der Waals surface area contributed by atoms with E-state index >= 15 is 0 Å². The van der Waals surface area contributed by atoms with Crippen LogP contribution in [0.4, 0.5) is 0 Å². The summed E-state index contributed by atoms with van der Waals surface area (Å²) in [5.41, 5.74) is 1.67. The van der Waals surface area contributed by atoms with E-state index in [0.717, 1.165) is 36.9 Å². The molecule has 1 aliphatic rings. The highest BCUT2D eigenvalue weighted by molar-refractivity contribution is 7.99. The van der Waals surface area contributed by atoms with Gasteiger partial charge in [0.05, 0.1) is 23.2 Å². The Bertz CT molecular complexity index is 1350. The molecule has 0 radical (unpaired) electrons. The first-order chi connectivity index (χ1) is 16.2. The molecule has 1 unspecified atom stereocenters. The van der Waals surface area contributed by atoms with Gasteiger partial charge in [-0.05, 0) is 43.4 Å². The number of hydrogen-bond acceptors (Lipinski definition) is 5. The normalized spacial score (nSPS) is 16.5. The Labute approximate surface area is 196 Å². The number of aromatic nitrogens is 4. The van der Waals surface area contributed by atoms with Crippen molar-refractivity contribution in [3.05, 3.63) is 70.5 Å². The summed E-state index contributed by atoms with van der Waals surface area (Å²) in [6.45, 7) is 3.38. The van der Waals surface area contributed by atoms with Crippen molar-refractivity contribution in [1.29, 1.82) is 0 Å². The van der Waals surface area contributed by atoms with Crippen LogP contribution in [0.3, 0.4) is 0 Å². The topological polar surface area (TPSA) is 72.5 Å². The third-order valence-electron chi connectivity index (χ3n) is 6.41. The van der Waals surface area contributed by atoms with Gasteiger partial charge in [-0.1, -0.05) is 61.2 Å². The summed E-state index contributed by atoms with van der Waals surface area (Å²) in [6.07, 6.45) is 4.32. The van der Waals surface area contributed by atoms with Crippen molar-refractivity contribution in [3.63, 3.8) is 0 Å². The Morgan fingerprint density at radius 1 is 1.06 bits per heavy atom. The summed E-state index contributed by atoms with van der Waals surface area (Å²) in [7, 11) is 0. The van der Waals surface area contributed by atoms with Crippen molar-refractivity contribution in [3.8, 4) is 0 Å². The Balaban J connectivity index is 1.51. The van der Waals surface area contributed by atoms with Crippen LogP contribution in [-0.4, -0.2) is 48.3 Å². The van der Waals surface area contributed by atoms with Gasteiger partial charge in [-0.3, -0.25) is 18.6 Å². The lowest BCUT2D eigenvalue weighted by molar-refractivity contribution is -0.132. The number of likely N-dealkylation sites (tertiary alicyclic amines) is 1. The van der Waals surface area contributed by atoms with Crippen LogP contribution in [0.5, 0.6) is 0 Å². The molecule has 0 aliphatic carbocycles. The Kier molecular flexibility index (Phi) is 6.17. The summed E-state index contributed by atoms with van der Waals surface area (Å²) in [4.78, 5) is 28.4. The zero-order chi connectivity index (χ0) is 22.8. The molecule has 170 valence electrons. The first-order valence-corrected chi connectivity index (χ1v) is 12.5. The zero-order valence-corrected chi connectivity index (χ0v) is 19.5. The standard InChI is InChI=1S/C25H27N5O2S/c1-2-19-12-8-9-15-28(19)22(31)17-33-25-27-26-24-29(16-18-10-4-3-5-11-18)23(32)20-13-6-7-14-21(20)30(24)25/h3-7,10-11,13-14,19H,2,8-9,12,15-17H2,1H3. The second-order valence-corrected chi connectivity index (χ2v) is 9.39. The fourth-order valence-electron chi connectivity index (χ4n) is 4.70. The number of hydrogen-bond donors (Lipinski definition) is 0. The molecule has 3 heterocycles. The fourth-order valence-corrected chi connectivity index (χ4v) is 5.52. The predicted molar refractivity (Wildman–Crippen MR) is 131 cm³/mol. The Morgan fingerprint density at radius 2 is 1.85 bits per heavy atom. The number of thioether (sulfide) groups is 1. The van der Waals surface area contributed by atoms with Gasteiger partial charge in [0.25, 0.3) is 5.56 Å². The molecule has 1 atom stereocenters. The molecule has 1 amide bonds. The number of rotatable bonds is 6. The Hall–Kier alpha value is -3.13. The average molecular weight is 462 g/mol. The lowest BCUT2D eigenvalue weighted by Gasteiger charge is -2.35. The molecule has 0 N–H and O–H groups in total. The van der Waals surface area contributed by atoms with E-state index in [1.54, 1.807) is 4.57 Å². The SMILES string of the molecule is CCC1CCCCN1C(=O)CSc1nnc2n(Cc3ccccc3)c(=O)c3ccccc3n12. The molecule has 0 spiro atoms. The third kappa shape index (κ3) is 4.15. The lowest BCUT2D eigenvalue weighted by atomic mass is 10.0. The molecule has 33 heavy (non-hydrogen) atoms. The van der Waals surface area contributed by atoms with E-state index < -0.39 is 0 Å². The number of carbonyl (C=O) groups is 1. The second kappa shape index (κ2) is 9.39. The predicted octanol–water partition coefficient (Wildman–Crippen LogP) is 3.98. The van der Waals surface area contributed by atoms with Crippen molar-refractivity contribution in [1.82, 2.24) is 24.1 Å². The van der Waals surface area contributed by atoms with E-state index in [1.165, 1.54) is 18.2 Å². The minimum atomic E-state index is -0.0962. The molecular formula is C25H27N5O2S. The van der Waals surface area contributed by atoms with Gasteiger partial charge in [-0.15, -0.1) is 10.2 Å². The Morgan fingerprint density at radius 3 is 2.67 bits per heavy atom. The van der Waals surface area contributed by atoms with Crippen molar-refractivity contribution in [2.24, 2.45) is 0 Å².